The third kappa shape index (κ3) is 3.60. The molecule has 1 aromatic rings. The molecule has 0 aliphatic carbocycles. The number of carbonyl (C=O) groups is 1. The highest BCUT2D eigenvalue weighted by Gasteiger charge is 2.14. The van der Waals surface area contributed by atoms with Crippen LogP contribution in [-0.4, -0.2) is 22.9 Å². The topological polar surface area (TPSA) is 76.5 Å². The van der Waals surface area contributed by atoms with Crippen molar-refractivity contribution < 1.29 is 14.3 Å². The lowest BCUT2D eigenvalue weighted by Gasteiger charge is -2.08. The standard InChI is InChI=1S/C10H15NO3S/c1-7(2-4-11)15-6-9-8(10(12)13)3-5-14-9/h3,5,7H,2,4,6,11H2,1H3,(H,12,13). The molecule has 0 saturated heterocycles. The van der Waals surface area contributed by atoms with Crippen LogP contribution in [0.15, 0.2) is 16.7 Å². The predicted molar refractivity (Wildman–Crippen MR) is 60.1 cm³/mol. The maximum absolute atomic E-state index is 10.8. The number of rotatable bonds is 6. The number of hydrogen-bond acceptors (Lipinski definition) is 4. The summed E-state index contributed by atoms with van der Waals surface area (Å²) in [6.07, 6.45) is 2.33. The first-order valence-electron chi connectivity index (χ1n) is 4.76. The molecule has 84 valence electrons. The van der Waals surface area contributed by atoms with Gasteiger partial charge in [-0.1, -0.05) is 6.92 Å². The van der Waals surface area contributed by atoms with E-state index in [-0.39, 0.29) is 5.56 Å². The van der Waals surface area contributed by atoms with Gasteiger partial charge in [-0.3, -0.25) is 0 Å². The van der Waals surface area contributed by atoms with E-state index >= 15 is 0 Å². The minimum absolute atomic E-state index is 0.252. The molecule has 0 aliphatic heterocycles. The fraction of sp³-hybridized carbons (Fsp3) is 0.500. The summed E-state index contributed by atoms with van der Waals surface area (Å²) in [4.78, 5) is 10.8. The van der Waals surface area contributed by atoms with Crippen LogP contribution in [0.5, 0.6) is 0 Å². The van der Waals surface area contributed by atoms with Crippen molar-refractivity contribution in [3.8, 4) is 0 Å². The Morgan fingerprint density at radius 1 is 1.73 bits per heavy atom. The molecule has 1 aromatic heterocycles. The summed E-state index contributed by atoms with van der Waals surface area (Å²) in [5, 5.41) is 9.25. The number of aromatic carboxylic acids is 1. The second kappa shape index (κ2) is 5.82. The van der Waals surface area contributed by atoms with Crippen LogP contribution < -0.4 is 5.73 Å². The molecule has 0 aliphatic rings. The van der Waals surface area contributed by atoms with Crippen LogP contribution in [0.4, 0.5) is 0 Å². The molecular formula is C10H15NO3S. The van der Waals surface area contributed by atoms with E-state index in [9.17, 15) is 4.79 Å². The smallest absolute Gasteiger partial charge is 0.339 e. The zero-order valence-electron chi connectivity index (χ0n) is 8.60. The number of furan rings is 1. The van der Waals surface area contributed by atoms with Crippen LogP contribution in [0, 0.1) is 0 Å². The van der Waals surface area contributed by atoms with E-state index < -0.39 is 5.97 Å². The molecule has 5 heteroatoms. The molecule has 0 spiro atoms. The lowest BCUT2D eigenvalue weighted by molar-refractivity contribution is 0.0695. The van der Waals surface area contributed by atoms with Crippen molar-refractivity contribution in [3.63, 3.8) is 0 Å². The van der Waals surface area contributed by atoms with E-state index in [0.29, 0.717) is 23.3 Å². The van der Waals surface area contributed by atoms with Crippen LogP contribution in [0.3, 0.4) is 0 Å². The average Bonchev–Trinajstić information content (AvgIpc) is 2.63. The van der Waals surface area contributed by atoms with Gasteiger partial charge in [-0.2, -0.15) is 11.8 Å². The molecule has 0 fully saturated rings. The average molecular weight is 229 g/mol. The van der Waals surface area contributed by atoms with Crippen LogP contribution in [0.2, 0.25) is 0 Å². The summed E-state index contributed by atoms with van der Waals surface area (Å²) < 4.78 is 5.12. The molecule has 1 unspecified atom stereocenters. The molecule has 1 rings (SSSR count). The van der Waals surface area contributed by atoms with E-state index in [4.69, 9.17) is 15.3 Å². The zero-order chi connectivity index (χ0) is 11.3. The van der Waals surface area contributed by atoms with Gasteiger partial charge in [-0.05, 0) is 19.0 Å². The molecule has 1 heterocycles. The Bertz CT molecular complexity index is 324. The minimum Gasteiger partial charge on any atom is -0.478 e. The minimum atomic E-state index is -0.939. The fourth-order valence-electron chi connectivity index (χ4n) is 1.18. The van der Waals surface area contributed by atoms with Crippen molar-refractivity contribution in [2.24, 2.45) is 5.73 Å². The molecule has 0 bridgehead atoms. The molecule has 3 N–H and O–H groups in total. The monoisotopic (exact) mass is 229 g/mol. The number of thioether (sulfide) groups is 1. The number of carboxylic acids is 1. The summed E-state index contributed by atoms with van der Waals surface area (Å²) >= 11 is 1.65. The first-order valence-corrected chi connectivity index (χ1v) is 5.81. The second-order valence-corrected chi connectivity index (χ2v) is 4.69. The molecule has 4 nitrogen and oxygen atoms in total. The van der Waals surface area contributed by atoms with Gasteiger partial charge in [0, 0.05) is 5.25 Å². The van der Waals surface area contributed by atoms with Crippen LogP contribution in [0.25, 0.3) is 0 Å². The van der Waals surface area contributed by atoms with Crippen LogP contribution >= 0.6 is 11.8 Å². The van der Waals surface area contributed by atoms with E-state index in [1.807, 2.05) is 0 Å². The first kappa shape index (κ1) is 12.1. The van der Waals surface area contributed by atoms with Gasteiger partial charge in [-0.15, -0.1) is 0 Å². The van der Waals surface area contributed by atoms with E-state index in [2.05, 4.69) is 6.92 Å². The van der Waals surface area contributed by atoms with Crippen molar-refractivity contribution in [2.45, 2.75) is 24.3 Å². The zero-order valence-corrected chi connectivity index (χ0v) is 9.42. The summed E-state index contributed by atoms with van der Waals surface area (Å²) in [6.45, 7) is 2.72. The van der Waals surface area contributed by atoms with Crippen LogP contribution in [-0.2, 0) is 5.75 Å². The van der Waals surface area contributed by atoms with Gasteiger partial charge in [0.15, 0.2) is 0 Å². The van der Waals surface area contributed by atoms with Crippen molar-refractivity contribution in [3.05, 3.63) is 23.7 Å². The third-order valence-electron chi connectivity index (χ3n) is 2.05. The highest BCUT2D eigenvalue weighted by Crippen LogP contribution is 2.22. The quantitative estimate of drug-likeness (QED) is 0.779. The largest absolute Gasteiger partial charge is 0.478 e. The molecule has 0 saturated carbocycles. The van der Waals surface area contributed by atoms with E-state index in [1.165, 1.54) is 12.3 Å². The Balaban J connectivity index is 2.50. The van der Waals surface area contributed by atoms with Gasteiger partial charge in [0.05, 0.1) is 12.0 Å². The van der Waals surface area contributed by atoms with Crippen LogP contribution in [0.1, 0.15) is 29.5 Å². The third-order valence-corrected chi connectivity index (χ3v) is 3.28. The Kier molecular flexibility index (Phi) is 4.71. The lowest BCUT2D eigenvalue weighted by Crippen LogP contribution is -2.07. The number of nitrogens with two attached hydrogens (primary N) is 1. The van der Waals surface area contributed by atoms with Gasteiger partial charge in [0.2, 0.25) is 0 Å². The summed E-state index contributed by atoms with van der Waals surface area (Å²) in [7, 11) is 0. The Morgan fingerprint density at radius 2 is 2.47 bits per heavy atom. The maximum atomic E-state index is 10.8. The highest BCUT2D eigenvalue weighted by molar-refractivity contribution is 7.99. The predicted octanol–water partition coefficient (Wildman–Crippen LogP) is 1.95. The van der Waals surface area contributed by atoms with E-state index in [0.717, 1.165) is 6.42 Å². The Hall–Kier alpha value is -0.940. The van der Waals surface area contributed by atoms with E-state index in [1.54, 1.807) is 11.8 Å². The summed E-state index contributed by atoms with van der Waals surface area (Å²) in [6, 6.07) is 1.48. The fourth-order valence-corrected chi connectivity index (χ4v) is 2.14. The molecule has 15 heavy (non-hydrogen) atoms. The molecule has 0 aromatic carbocycles. The van der Waals surface area contributed by atoms with Gasteiger partial charge in [0.25, 0.3) is 0 Å². The van der Waals surface area contributed by atoms with Crippen molar-refractivity contribution in [1.82, 2.24) is 0 Å². The van der Waals surface area contributed by atoms with Crippen molar-refractivity contribution in [2.75, 3.05) is 6.54 Å². The molecule has 1 atom stereocenters. The molecule has 0 amide bonds. The maximum Gasteiger partial charge on any atom is 0.339 e. The number of carboxylic acid groups (broad SMARTS) is 1. The van der Waals surface area contributed by atoms with Crippen molar-refractivity contribution >= 4 is 17.7 Å². The summed E-state index contributed by atoms with van der Waals surface area (Å²) in [5.74, 6) is 0.165. The molecular weight excluding hydrogens is 214 g/mol. The molecule has 0 radical (unpaired) electrons. The van der Waals surface area contributed by atoms with Gasteiger partial charge < -0.3 is 15.3 Å². The van der Waals surface area contributed by atoms with Crippen molar-refractivity contribution in [1.29, 1.82) is 0 Å². The van der Waals surface area contributed by atoms with Gasteiger partial charge in [-0.25, -0.2) is 4.79 Å². The number of hydrogen-bond donors (Lipinski definition) is 2. The van der Waals surface area contributed by atoms with Gasteiger partial charge in [0.1, 0.15) is 11.3 Å². The highest BCUT2D eigenvalue weighted by atomic mass is 32.2. The Morgan fingerprint density at radius 3 is 3.07 bits per heavy atom. The second-order valence-electron chi connectivity index (χ2n) is 3.26. The van der Waals surface area contributed by atoms with Gasteiger partial charge >= 0.3 is 5.97 Å². The summed E-state index contributed by atoms with van der Waals surface area (Å²) in [5.41, 5.74) is 5.68. The normalized spacial score (nSPS) is 12.7. The lowest BCUT2D eigenvalue weighted by atomic mass is 10.3. The first-order chi connectivity index (χ1) is 7.15. The SMILES string of the molecule is CC(CCN)SCc1occc1C(=O)O. The Labute approximate surface area is 92.8 Å².